The molecule has 0 unspecified atom stereocenters. The van der Waals surface area contributed by atoms with Gasteiger partial charge in [-0.1, -0.05) is 29.8 Å². The number of nitrogens with zero attached hydrogens (tertiary/aromatic N) is 2. The van der Waals surface area contributed by atoms with Crippen LogP contribution in [0.3, 0.4) is 0 Å². The van der Waals surface area contributed by atoms with E-state index in [9.17, 15) is 4.79 Å². The van der Waals surface area contributed by atoms with Crippen molar-refractivity contribution in [3.8, 4) is 0 Å². The molecule has 0 bridgehead atoms. The molecule has 0 aliphatic rings. The molecule has 1 aromatic carbocycles. The minimum atomic E-state index is -0.101. The van der Waals surface area contributed by atoms with Gasteiger partial charge in [0.2, 0.25) is 0 Å². The van der Waals surface area contributed by atoms with Crippen LogP contribution in [-0.2, 0) is 6.54 Å². The fourth-order valence-corrected chi connectivity index (χ4v) is 3.42. The van der Waals surface area contributed by atoms with E-state index in [1.165, 1.54) is 16.4 Å². The molecule has 2 heterocycles. The zero-order chi connectivity index (χ0) is 13.4. The maximum Gasteiger partial charge on any atom is 0.268 e. The van der Waals surface area contributed by atoms with Crippen LogP contribution >= 0.6 is 45.5 Å². The van der Waals surface area contributed by atoms with Gasteiger partial charge in [-0.25, -0.2) is 4.98 Å². The molecule has 0 atom stereocenters. The van der Waals surface area contributed by atoms with Crippen LogP contribution in [0.25, 0.3) is 10.1 Å². The summed E-state index contributed by atoms with van der Waals surface area (Å²) in [7, 11) is 0. The topological polar surface area (TPSA) is 34.9 Å². The molecule has 0 spiro atoms. The van der Waals surface area contributed by atoms with Crippen LogP contribution in [-0.4, -0.2) is 9.55 Å². The summed E-state index contributed by atoms with van der Waals surface area (Å²) in [6, 6.07) is 8.17. The molecule has 0 aliphatic heterocycles. The van der Waals surface area contributed by atoms with Crippen molar-refractivity contribution in [3.05, 3.63) is 60.6 Å². The van der Waals surface area contributed by atoms with E-state index in [0.717, 1.165) is 5.56 Å². The fraction of sp³-hybridized carbons (Fsp3) is 0.0769. The maximum absolute atomic E-state index is 12.1. The number of benzene rings is 1. The standard InChI is InChI=1S/C13H8ClIN2OS/c14-12-11(15)13(18)17(7-16-12)5-8-6-19-10-4-2-1-3-9(8)10/h1-4,6-7H,5H2. The second-order valence-electron chi connectivity index (χ2n) is 4.04. The lowest BCUT2D eigenvalue weighted by molar-refractivity contribution is 0.735. The van der Waals surface area contributed by atoms with Gasteiger partial charge in [-0.2, -0.15) is 0 Å². The van der Waals surface area contributed by atoms with E-state index < -0.39 is 0 Å². The van der Waals surface area contributed by atoms with Crippen LogP contribution in [0.5, 0.6) is 0 Å². The predicted octanol–water partition coefficient (Wildman–Crippen LogP) is 3.76. The smallest absolute Gasteiger partial charge is 0.268 e. The first-order valence-electron chi connectivity index (χ1n) is 5.52. The number of hydrogen-bond donors (Lipinski definition) is 0. The Morgan fingerprint density at radius 3 is 3.00 bits per heavy atom. The highest BCUT2D eigenvalue weighted by molar-refractivity contribution is 14.1. The minimum Gasteiger partial charge on any atom is -0.294 e. The van der Waals surface area contributed by atoms with Crippen molar-refractivity contribution in [3.63, 3.8) is 0 Å². The Balaban J connectivity index is 2.07. The van der Waals surface area contributed by atoms with E-state index >= 15 is 0 Å². The molecule has 3 nitrogen and oxygen atoms in total. The number of fused-ring (bicyclic) bond motifs is 1. The van der Waals surface area contributed by atoms with Gasteiger partial charge >= 0.3 is 0 Å². The Bertz CT molecular complexity index is 812. The Hall–Kier alpha value is -0.920. The summed E-state index contributed by atoms with van der Waals surface area (Å²) < 4.78 is 3.27. The van der Waals surface area contributed by atoms with Crippen molar-refractivity contribution in [1.29, 1.82) is 0 Å². The molecule has 0 aliphatic carbocycles. The number of halogens is 2. The minimum absolute atomic E-state index is 0.101. The second-order valence-corrected chi connectivity index (χ2v) is 6.39. The largest absolute Gasteiger partial charge is 0.294 e. The predicted molar refractivity (Wildman–Crippen MR) is 87.2 cm³/mol. The summed E-state index contributed by atoms with van der Waals surface area (Å²) in [4.78, 5) is 16.1. The molecular weight excluding hydrogens is 395 g/mol. The lowest BCUT2D eigenvalue weighted by atomic mass is 10.2. The summed E-state index contributed by atoms with van der Waals surface area (Å²) >= 11 is 9.44. The second kappa shape index (κ2) is 5.22. The van der Waals surface area contributed by atoms with E-state index in [1.54, 1.807) is 15.9 Å². The molecule has 3 rings (SSSR count). The molecule has 0 fully saturated rings. The number of aromatic nitrogens is 2. The molecule has 19 heavy (non-hydrogen) atoms. The van der Waals surface area contributed by atoms with Crippen LogP contribution in [0.15, 0.2) is 40.8 Å². The van der Waals surface area contributed by atoms with E-state index in [2.05, 4.69) is 22.5 Å². The van der Waals surface area contributed by atoms with Gasteiger partial charge in [0, 0.05) is 4.70 Å². The van der Waals surface area contributed by atoms with Crippen LogP contribution in [0.2, 0.25) is 5.15 Å². The van der Waals surface area contributed by atoms with Crippen molar-refractivity contribution < 1.29 is 0 Å². The molecule has 0 N–H and O–H groups in total. The quantitative estimate of drug-likeness (QED) is 0.483. The van der Waals surface area contributed by atoms with Gasteiger partial charge in [-0.05, 0) is 45.0 Å². The van der Waals surface area contributed by atoms with Crippen molar-refractivity contribution in [2.75, 3.05) is 0 Å². The highest BCUT2D eigenvalue weighted by atomic mass is 127. The van der Waals surface area contributed by atoms with Gasteiger partial charge in [-0.15, -0.1) is 11.3 Å². The zero-order valence-corrected chi connectivity index (χ0v) is 13.4. The summed E-state index contributed by atoms with van der Waals surface area (Å²) in [6.07, 6.45) is 1.50. The van der Waals surface area contributed by atoms with Crippen molar-refractivity contribution in [1.82, 2.24) is 9.55 Å². The third kappa shape index (κ3) is 2.42. The Labute approximate surface area is 132 Å². The normalized spacial score (nSPS) is 11.1. The lowest BCUT2D eigenvalue weighted by Gasteiger charge is -2.05. The molecule has 0 saturated heterocycles. The summed E-state index contributed by atoms with van der Waals surface area (Å²) in [5, 5.41) is 3.53. The number of hydrogen-bond acceptors (Lipinski definition) is 3. The molecule has 6 heteroatoms. The van der Waals surface area contributed by atoms with Crippen LogP contribution in [0.4, 0.5) is 0 Å². The maximum atomic E-state index is 12.1. The Morgan fingerprint density at radius 2 is 2.16 bits per heavy atom. The fourth-order valence-electron chi connectivity index (χ4n) is 1.90. The summed E-state index contributed by atoms with van der Waals surface area (Å²) in [6.45, 7) is 0.517. The third-order valence-corrected chi connectivity index (χ3v) is 5.43. The van der Waals surface area contributed by atoms with Crippen LogP contribution < -0.4 is 5.56 Å². The van der Waals surface area contributed by atoms with E-state index in [4.69, 9.17) is 11.6 Å². The average Bonchev–Trinajstić information content (AvgIpc) is 2.83. The Kier molecular flexibility index (Phi) is 3.60. The molecule has 2 aromatic heterocycles. The molecule has 3 aromatic rings. The van der Waals surface area contributed by atoms with Crippen molar-refractivity contribution in [2.24, 2.45) is 0 Å². The summed E-state index contributed by atoms with van der Waals surface area (Å²) in [5.74, 6) is 0. The van der Waals surface area contributed by atoms with Gasteiger partial charge in [0.25, 0.3) is 5.56 Å². The van der Waals surface area contributed by atoms with Gasteiger partial charge in [0.1, 0.15) is 8.72 Å². The highest BCUT2D eigenvalue weighted by Crippen LogP contribution is 2.26. The zero-order valence-electron chi connectivity index (χ0n) is 9.64. The monoisotopic (exact) mass is 402 g/mol. The van der Waals surface area contributed by atoms with Gasteiger partial charge in [-0.3, -0.25) is 9.36 Å². The number of thiophene rings is 1. The molecule has 0 saturated carbocycles. The van der Waals surface area contributed by atoms with Crippen molar-refractivity contribution in [2.45, 2.75) is 6.54 Å². The van der Waals surface area contributed by atoms with Crippen LogP contribution in [0.1, 0.15) is 5.56 Å². The first-order valence-corrected chi connectivity index (χ1v) is 7.86. The van der Waals surface area contributed by atoms with E-state index in [0.29, 0.717) is 10.1 Å². The third-order valence-electron chi connectivity index (χ3n) is 2.84. The highest BCUT2D eigenvalue weighted by Gasteiger charge is 2.09. The van der Waals surface area contributed by atoms with E-state index in [-0.39, 0.29) is 10.7 Å². The van der Waals surface area contributed by atoms with Gasteiger partial charge in [0.15, 0.2) is 0 Å². The number of rotatable bonds is 2. The van der Waals surface area contributed by atoms with Gasteiger partial charge < -0.3 is 0 Å². The van der Waals surface area contributed by atoms with Gasteiger partial charge in [0.05, 0.1) is 12.9 Å². The first-order chi connectivity index (χ1) is 9.16. The molecule has 96 valence electrons. The Morgan fingerprint density at radius 1 is 1.37 bits per heavy atom. The van der Waals surface area contributed by atoms with Crippen LogP contribution in [0, 0.1) is 3.57 Å². The van der Waals surface area contributed by atoms with E-state index in [1.807, 2.05) is 34.7 Å². The SMILES string of the molecule is O=c1c(I)c(Cl)ncn1Cc1csc2ccccc12. The molecule has 0 radical (unpaired) electrons. The summed E-state index contributed by atoms with van der Waals surface area (Å²) in [5.41, 5.74) is 1.03. The first kappa shape index (κ1) is 13.1. The van der Waals surface area contributed by atoms with Crippen molar-refractivity contribution >= 4 is 55.6 Å². The average molecular weight is 403 g/mol. The molecule has 0 amide bonds. The lowest BCUT2D eigenvalue weighted by Crippen LogP contribution is -2.23. The molecular formula is C13H8ClIN2OS.